The van der Waals surface area contributed by atoms with Gasteiger partial charge in [0.2, 0.25) is 0 Å². The lowest BCUT2D eigenvalue weighted by molar-refractivity contribution is 0.406. The second kappa shape index (κ2) is 6.52. The van der Waals surface area contributed by atoms with Crippen LogP contribution in [0.15, 0.2) is 35.2 Å². The average Bonchev–Trinajstić information content (AvgIpc) is 2.90. The fraction of sp³-hybridized carbons (Fsp3) is 0.357. The van der Waals surface area contributed by atoms with Crippen molar-refractivity contribution >= 4 is 11.3 Å². The maximum atomic E-state index is 5.36. The predicted molar refractivity (Wildman–Crippen MR) is 75.1 cm³/mol. The molecule has 96 valence electrons. The van der Waals surface area contributed by atoms with Crippen LogP contribution in [0.2, 0.25) is 0 Å². The molecule has 2 rings (SSSR count). The zero-order valence-corrected chi connectivity index (χ0v) is 11.5. The van der Waals surface area contributed by atoms with Crippen molar-refractivity contribution in [2.75, 3.05) is 7.11 Å². The van der Waals surface area contributed by atoms with Crippen LogP contribution in [0.5, 0.6) is 5.75 Å². The van der Waals surface area contributed by atoms with Gasteiger partial charge in [-0.3, -0.25) is 0 Å². The van der Waals surface area contributed by atoms with Crippen LogP contribution in [-0.2, 0) is 13.0 Å². The highest BCUT2D eigenvalue weighted by Gasteiger charge is 2.07. The van der Waals surface area contributed by atoms with Crippen LogP contribution in [0.1, 0.15) is 18.2 Å². The Balaban J connectivity index is 1.88. The molecule has 0 bridgehead atoms. The Morgan fingerprint density at radius 1 is 1.39 bits per heavy atom. The molecule has 0 saturated carbocycles. The quantitative estimate of drug-likeness (QED) is 0.869. The number of ether oxygens (including phenoxy) is 1. The van der Waals surface area contributed by atoms with E-state index >= 15 is 0 Å². The van der Waals surface area contributed by atoms with Gasteiger partial charge in [-0.1, -0.05) is 18.2 Å². The van der Waals surface area contributed by atoms with Crippen molar-refractivity contribution in [1.29, 1.82) is 0 Å². The zero-order valence-electron chi connectivity index (χ0n) is 10.7. The third-order valence-corrected chi connectivity index (χ3v) is 3.47. The van der Waals surface area contributed by atoms with Gasteiger partial charge in [0.25, 0.3) is 0 Å². The Hall–Kier alpha value is -1.39. The number of methoxy groups -OCH3 is 1. The van der Waals surface area contributed by atoms with Crippen molar-refractivity contribution in [2.24, 2.45) is 0 Å². The van der Waals surface area contributed by atoms with E-state index in [1.165, 1.54) is 5.56 Å². The first-order valence-corrected chi connectivity index (χ1v) is 6.96. The summed E-state index contributed by atoms with van der Waals surface area (Å²) < 4.78 is 5.36. The molecule has 0 radical (unpaired) electrons. The molecule has 0 spiro atoms. The Labute approximate surface area is 112 Å². The third-order valence-electron chi connectivity index (χ3n) is 2.83. The van der Waals surface area contributed by atoms with Crippen molar-refractivity contribution in [3.8, 4) is 5.75 Å². The summed E-state index contributed by atoms with van der Waals surface area (Å²) in [5, 5.41) is 5.55. The summed E-state index contributed by atoms with van der Waals surface area (Å²) in [4.78, 5) is 4.26. The summed E-state index contributed by atoms with van der Waals surface area (Å²) in [6.07, 6.45) is 0.953. The molecule has 0 saturated heterocycles. The number of benzene rings is 1. The van der Waals surface area contributed by atoms with E-state index in [1.807, 2.05) is 23.7 Å². The molecule has 2 aromatic rings. The molecule has 0 amide bonds. The molecule has 1 aromatic carbocycles. The van der Waals surface area contributed by atoms with Crippen LogP contribution in [0.4, 0.5) is 0 Å². The van der Waals surface area contributed by atoms with E-state index < -0.39 is 0 Å². The van der Waals surface area contributed by atoms with Gasteiger partial charge in [-0.15, -0.1) is 11.3 Å². The molecule has 1 aromatic heterocycles. The summed E-state index contributed by atoms with van der Waals surface area (Å²) in [6.45, 7) is 3.00. The SMILES string of the molecule is COc1ccccc1CC(C)NCc1cscn1. The van der Waals surface area contributed by atoms with Gasteiger partial charge in [0.15, 0.2) is 0 Å². The first-order valence-electron chi connectivity index (χ1n) is 6.02. The van der Waals surface area contributed by atoms with E-state index in [2.05, 4.69) is 28.7 Å². The molecule has 4 heteroatoms. The van der Waals surface area contributed by atoms with Crippen LogP contribution in [-0.4, -0.2) is 18.1 Å². The first kappa shape index (κ1) is 13.1. The minimum Gasteiger partial charge on any atom is -0.496 e. The number of nitrogens with zero attached hydrogens (tertiary/aromatic N) is 1. The van der Waals surface area contributed by atoms with Gasteiger partial charge in [0, 0.05) is 18.0 Å². The fourth-order valence-electron chi connectivity index (χ4n) is 1.88. The summed E-state index contributed by atoms with van der Waals surface area (Å²) in [5.74, 6) is 0.958. The highest BCUT2D eigenvalue weighted by Crippen LogP contribution is 2.18. The smallest absolute Gasteiger partial charge is 0.122 e. The van der Waals surface area contributed by atoms with Gasteiger partial charge in [-0.25, -0.2) is 4.98 Å². The second-order valence-electron chi connectivity index (χ2n) is 4.28. The van der Waals surface area contributed by atoms with Gasteiger partial charge < -0.3 is 10.1 Å². The molecule has 1 unspecified atom stereocenters. The molecule has 1 heterocycles. The Bertz CT molecular complexity index is 470. The Morgan fingerprint density at radius 2 is 2.22 bits per heavy atom. The lowest BCUT2D eigenvalue weighted by Crippen LogP contribution is -2.27. The lowest BCUT2D eigenvalue weighted by atomic mass is 10.1. The Kier molecular flexibility index (Phi) is 4.73. The molecule has 1 N–H and O–H groups in total. The van der Waals surface area contributed by atoms with Crippen molar-refractivity contribution in [2.45, 2.75) is 25.9 Å². The maximum absolute atomic E-state index is 5.36. The summed E-state index contributed by atoms with van der Waals surface area (Å²) in [5.41, 5.74) is 4.20. The van der Waals surface area contributed by atoms with Crippen LogP contribution >= 0.6 is 11.3 Å². The van der Waals surface area contributed by atoms with Crippen molar-refractivity contribution in [3.05, 3.63) is 46.4 Å². The van der Waals surface area contributed by atoms with Gasteiger partial charge in [-0.05, 0) is 25.0 Å². The lowest BCUT2D eigenvalue weighted by Gasteiger charge is -2.15. The molecule has 0 aliphatic rings. The summed E-state index contributed by atoms with van der Waals surface area (Å²) >= 11 is 1.63. The number of thiazole rings is 1. The second-order valence-corrected chi connectivity index (χ2v) is 5.00. The van der Waals surface area contributed by atoms with Crippen LogP contribution < -0.4 is 10.1 Å². The molecule has 0 fully saturated rings. The van der Waals surface area contributed by atoms with Crippen LogP contribution in [0.25, 0.3) is 0 Å². The molecule has 3 nitrogen and oxygen atoms in total. The number of aromatic nitrogens is 1. The number of hydrogen-bond acceptors (Lipinski definition) is 4. The third kappa shape index (κ3) is 3.55. The van der Waals surface area contributed by atoms with Gasteiger partial charge in [0.1, 0.15) is 5.75 Å². The number of hydrogen-bond donors (Lipinski definition) is 1. The minimum atomic E-state index is 0.392. The number of nitrogens with one attached hydrogen (secondary N) is 1. The Morgan fingerprint density at radius 3 is 2.94 bits per heavy atom. The van der Waals surface area contributed by atoms with Crippen molar-refractivity contribution in [1.82, 2.24) is 10.3 Å². The van der Waals surface area contributed by atoms with E-state index in [0.29, 0.717) is 6.04 Å². The summed E-state index contributed by atoms with van der Waals surface area (Å²) in [6, 6.07) is 8.55. The number of para-hydroxylation sites is 1. The molecule has 0 aliphatic carbocycles. The molecule has 0 aliphatic heterocycles. The van der Waals surface area contributed by atoms with Crippen LogP contribution in [0, 0.1) is 0 Å². The van der Waals surface area contributed by atoms with E-state index in [0.717, 1.165) is 24.4 Å². The fourth-order valence-corrected chi connectivity index (χ4v) is 2.44. The monoisotopic (exact) mass is 262 g/mol. The standard InChI is InChI=1S/C14H18N2OS/c1-11(15-8-13-9-18-10-16-13)7-12-5-3-4-6-14(12)17-2/h3-6,9-11,15H,7-8H2,1-2H3. The van der Waals surface area contributed by atoms with Crippen LogP contribution in [0.3, 0.4) is 0 Å². The van der Waals surface area contributed by atoms with E-state index in [-0.39, 0.29) is 0 Å². The van der Waals surface area contributed by atoms with Gasteiger partial charge in [0.05, 0.1) is 18.3 Å². The van der Waals surface area contributed by atoms with E-state index in [1.54, 1.807) is 18.4 Å². The topological polar surface area (TPSA) is 34.1 Å². The highest BCUT2D eigenvalue weighted by molar-refractivity contribution is 7.07. The normalized spacial score (nSPS) is 12.3. The van der Waals surface area contributed by atoms with Gasteiger partial charge in [-0.2, -0.15) is 0 Å². The first-order chi connectivity index (χ1) is 8.79. The molecule has 18 heavy (non-hydrogen) atoms. The maximum Gasteiger partial charge on any atom is 0.122 e. The predicted octanol–water partition coefficient (Wildman–Crippen LogP) is 2.87. The highest BCUT2D eigenvalue weighted by atomic mass is 32.1. The summed E-state index contributed by atoms with van der Waals surface area (Å²) in [7, 11) is 1.71. The molecular formula is C14H18N2OS. The average molecular weight is 262 g/mol. The minimum absolute atomic E-state index is 0.392. The van der Waals surface area contributed by atoms with Crippen molar-refractivity contribution in [3.63, 3.8) is 0 Å². The molecular weight excluding hydrogens is 244 g/mol. The van der Waals surface area contributed by atoms with E-state index in [9.17, 15) is 0 Å². The van der Waals surface area contributed by atoms with E-state index in [4.69, 9.17) is 4.74 Å². The number of rotatable bonds is 6. The van der Waals surface area contributed by atoms with Crippen molar-refractivity contribution < 1.29 is 4.74 Å². The zero-order chi connectivity index (χ0) is 12.8. The largest absolute Gasteiger partial charge is 0.496 e. The van der Waals surface area contributed by atoms with Gasteiger partial charge >= 0.3 is 0 Å². The molecule has 1 atom stereocenters.